The maximum absolute atomic E-state index is 14.2. The molecular formula is C34H39N3O7. The van der Waals surface area contributed by atoms with Crippen molar-refractivity contribution in [3.05, 3.63) is 72.3 Å². The van der Waals surface area contributed by atoms with Crippen LogP contribution in [0, 0.1) is 5.92 Å². The van der Waals surface area contributed by atoms with Crippen LogP contribution in [-0.2, 0) is 19.1 Å². The molecule has 2 atom stereocenters. The summed E-state index contributed by atoms with van der Waals surface area (Å²) in [5.74, 6) is -0.244. The van der Waals surface area contributed by atoms with Crippen LogP contribution >= 0.6 is 0 Å². The highest BCUT2D eigenvalue weighted by atomic mass is 16.5. The third-order valence-corrected chi connectivity index (χ3v) is 8.17. The van der Waals surface area contributed by atoms with Crippen LogP contribution in [0.4, 0.5) is 11.4 Å². The number of nitrogens with zero attached hydrogens (tertiary/aromatic N) is 2. The molecule has 3 aromatic carbocycles. The number of anilines is 2. The molecule has 2 aliphatic rings. The number of amides is 2. The van der Waals surface area contributed by atoms with Crippen molar-refractivity contribution in [2.75, 3.05) is 62.9 Å². The van der Waals surface area contributed by atoms with Crippen molar-refractivity contribution in [3.63, 3.8) is 0 Å². The zero-order valence-corrected chi connectivity index (χ0v) is 25.2. The molecule has 1 saturated heterocycles. The van der Waals surface area contributed by atoms with E-state index >= 15 is 0 Å². The minimum atomic E-state index is -1.02. The molecule has 2 amide bonds. The fourth-order valence-corrected chi connectivity index (χ4v) is 5.99. The van der Waals surface area contributed by atoms with Crippen LogP contribution in [0.5, 0.6) is 11.5 Å². The fourth-order valence-electron chi connectivity index (χ4n) is 5.99. The highest BCUT2D eigenvalue weighted by molar-refractivity contribution is 6.00. The van der Waals surface area contributed by atoms with Crippen molar-refractivity contribution in [3.8, 4) is 22.6 Å². The summed E-state index contributed by atoms with van der Waals surface area (Å²) in [5.41, 5.74) is 4.49. The van der Waals surface area contributed by atoms with E-state index in [9.17, 15) is 14.4 Å². The lowest BCUT2D eigenvalue weighted by Crippen LogP contribution is -2.46. The maximum atomic E-state index is 14.2. The second-order valence-corrected chi connectivity index (χ2v) is 11.0. The van der Waals surface area contributed by atoms with E-state index in [2.05, 4.69) is 17.4 Å². The number of rotatable bonds is 12. The van der Waals surface area contributed by atoms with E-state index in [0.29, 0.717) is 49.8 Å². The number of piperidine rings is 1. The molecule has 10 nitrogen and oxygen atoms in total. The smallest absolute Gasteiger partial charge is 0.341 e. The van der Waals surface area contributed by atoms with Gasteiger partial charge in [0.25, 0.3) is 5.91 Å². The number of carboxylic acids is 1. The molecule has 1 fully saturated rings. The van der Waals surface area contributed by atoms with Crippen LogP contribution in [0.3, 0.4) is 0 Å². The van der Waals surface area contributed by atoms with Crippen LogP contribution in [0.15, 0.2) is 66.7 Å². The minimum Gasteiger partial charge on any atom is -0.482 e. The second-order valence-electron chi connectivity index (χ2n) is 11.0. The van der Waals surface area contributed by atoms with Gasteiger partial charge in [0.05, 0.1) is 11.6 Å². The number of hydrogen-bond acceptors (Lipinski definition) is 7. The maximum Gasteiger partial charge on any atom is 0.341 e. The second kappa shape index (κ2) is 14.4. The highest BCUT2D eigenvalue weighted by Gasteiger charge is 2.36. The van der Waals surface area contributed by atoms with Crippen LogP contribution in [-0.4, -0.2) is 76.0 Å². The SMILES string of the molecule is CCN(C(=O)[C@H]1CNCC[C@@H]1c1cccc(-c2ccc(OCC(=O)O)cc2)c1)c1ccc2c(c1)N(CCCOC)C(=O)CO2. The van der Waals surface area contributed by atoms with E-state index in [4.69, 9.17) is 19.3 Å². The lowest BCUT2D eigenvalue weighted by Gasteiger charge is -2.36. The molecule has 0 spiro atoms. The lowest BCUT2D eigenvalue weighted by molar-refractivity contribution is -0.139. The van der Waals surface area contributed by atoms with Gasteiger partial charge < -0.3 is 34.4 Å². The summed E-state index contributed by atoms with van der Waals surface area (Å²) >= 11 is 0. The van der Waals surface area contributed by atoms with E-state index in [1.807, 2.05) is 49.4 Å². The van der Waals surface area contributed by atoms with Crippen LogP contribution in [0.2, 0.25) is 0 Å². The third kappa shape index (κ3) is 7.03. The molecule has 0 aliphatic carbocycles. The quantitative estimate of drug-likeness (QED) is 0.295. The van der Waals surface area contributed by atoms with Crippen LogP contribution in [0.25, 0.3) is 11.1 Å². The van der Waals surface area contributed by atoms with Crippen molar-refractivity contribution in [2.24, 2.45) is 5.92 Å². The Hall–Kier alpha value is -4.41. The first-order valence-corrected chi connectivity index (χ1v) is 15.0. The first-order chi connectivity index (χ1) is 21.4. The molecule has 0 aromatic heterocycles. The van der Waals surface area contributed by atoms with Crippen molar-refractivity contribution in [1.82, 2.24) is 5.32 Å². The van der Waals surface area contributed by atoms with E-state index in [1.54, 1.807) is 29.0 Å². The Morgan fingerprint density at radius 2 is 1.91 bits per heavy atom. The van der Waals surface area contributed by atoms with E-state index in [-0.39, 0.29) is 30.3 Å². The molecule has 0 bridgehead atoms. The largest absolute Gasteiger partial charge is 0.482 e. The van der Waals surface area contributed by atoms with Gasteiger partial charge in [-0.25, -0.2) is 4.79 Å². The van der Waals surface area contributed by atoms with Crippen molar-refractivity contribution < 1.29 is 33.7 Å². The Balaban J connectivity index is 1.37. The van der Waals surface area contributed by atoms with Crippen LogP contribution in [0.1, 0.15) is 31.2 Å². The minimum absolute atomic E-state index is 0.00706. The summed E-state index contributed by atoms with van der Waals surface area (Å²) < 4.78 is 16.2. The first kappa shape index (κ1) is 31.0. The number of carbonyl (C=O) groups excluding carboxylic acids is 2. The standard InChI is InChI=1S/C34H39N3O7/c1-3-36(26-10-13-31-30(19-26)37(16-5-17-42-2)32(38)21-44-31)34(41)29-20-35-15-14-28(29)25-7-4-6-24(18-25)23-8-11-27(12-9-23)43-22-33(39)40/h4,6-13,18-19,28-29,35H,3,5,14-17,20-22H2,1-2H3,(H,39,40)/t28-,29+/m1/s1. The van der Waals surface area contributed by atoms with Crippen LogP contribution < -0.4 is 24.6 Å². The van der Waals surface area contributed by atoms with Gasteiger partial charge in [0.15, 0.2) is 13.2 Å². The Labute approximate surface area is 257 Å². The number of fused-ring (bicyclic) bond motifs is 1. The first-order valence-electron chi connectivity index (χ1n) is 15.0. The molecule has 10 heteroatoms. The molecule has 0 saturated carbocycles. The molecule has 3 aromatic rings. The Kier molecular flexibility index (Phi) is 10.1. The molecule has 44 heavy (non-hydrogen) atoms. The zero-order valence-electron chi connectivity index (χ0n) is 25.2. The van der Waals surface area contributed by atoms with E-state index in [1.165, 1.54) is 0 Å². The van der Waals surface area contributed by atoms with Gasteiger partial charge in [-0.3, -0.25) is 9.59 Å². The summed E-state index contributed by atoms with van der Waals surface area (Å²) in [6.07, 6.45) is 1.51. The van der Waals surface area contributed by atoms with Gasteiger partial charge >= 0.3 is 5.97 Å². The van der Waals surface area contributed by atoms with Gasteiger partial charge in [-0.1, -0.05) is 36.4 Å². The molecule has 2 heterocycles. The van der Waals surface area contributed by atoms with Crippen molar-refractivity contribution in [1.29, 1.82) is 0 Å². The Morgan fingerprint density at radius 1 is 1.09 bits per heavy atom. The van der Waals surface area contributed by atoms with Gasteiger partial charge in [0.2, 0.25) is 5.91 Å². The molecule has 5 rings (SSSR count). The molecule has 0 radical (unpaired) electrons. The lowest BCUT2D eigenvalue weighted by atomic mass is 9.79. The molecular weight excluding hydrogens is 562 g/mol. The third-order valence-electron chi connectivity index (χ3n) is 8.17. The van der Waals surface area contributed by atoms with E-state index < -0.39 is 12.6 Å². The van der Waals surface area contributed by atoms with Gasteiger partial charge in [-0.05, 0) is 79.3 Å². The van der Waals surface area contributed by atoms with Crippen molar-refractivity contribution in [2.45, 2.75) is 25.7 Å². The summed E-state index contributed by atoms with van der Waals surface area (Å²) in [6, 6.07) is 21.2. The topological polar surface area (TPSA) is 118 Å². The number of carboxylic acid groups (broad SMARTS) is 1. The highest BCUT2D eigenvalue weighted by Crippen LogP contribution is 2.38. The monoisotopic (exact) mass is 601 g/mol. The number of carbonyl (C=O) groups is 3. The average molecular weight is 602 g/mol. The number of hydrogen-bond donors (Lipinski definition) is 2. The average Bonchev–Trinajstić information content (AvgIpc) is 3.05. The molecule has 2 aliphatic heterocycles. The molecule has 2 N–H and O–H groups in total. The van der Waals surface area contributed by atoms with Gasteiger partial charge in [0, 0.05) is 39.0 Å². The zero-order chi connectivity index (χ0) is 31.1. The normalized spacial score (nSPS) is 17.9. The number of methoxy groups -OCH3 is 1. The number of ether oxygens (including phenoxy) is 3. The Morgan fingerprint density at radius 3 is 2.66 bits per heavy atom. The number of nitrogens with one attached hydrogen (secondary N) is 1. The van der Waals surface area contributed by atoms with Crippen molar-refractivity contribution >= 4 is 29.2 Å². The summed E-state index contributed by atoms with van der Waals surface area (Å²) in [6.45, 7) is 4.48. The fraction of sp³-hybridized carbons (Fsp3) is 0.382. The molecule has 0 unspecified atom stereocenters. The Bertz CT molecular complexity index is 1480. The van der Waals surface area contributed by atoms with Gasteiger partial charge in [0.1, 0.15) is 11.5 Å². The predicted octanol–water partition coefficient (Wildman–Crippen LogP) is 4.33. The van der Waals surface area contributed by atoms with Gasteiger partial charge in [-0.15, -0.1) is 0 Å². The molecule has 232 valence electrons. The summed E-state index contributed by atoms with van der Waals surface area (Å²) in [4.78, 5) is 41.3. The van der Waals surface area contributed by atoms with E-state index in [0.717, 1.165) is 35.3 Å². The number of aliphatic carboxylic acids is 1. The number of benzene rings is 3. The predicted molar refractivity (Wildman–Crippen MR) is 168 cm³/mol. The van der Waals surface area contributed by atoms with Gasteiger partial charge in [-0.2, -0.15) is 0 Å². The summed E-state index contributed by atoms with van der Waals surface area (Å²) in [5, 5.41) is 12.3. The summed E-state index contributed by atoms with van der Waals surface area (Å²) in [7, 11) is 1.64.